The number of terminal acetylenes is 1. The zero-order valence-electron chi connectivity index (χ0n) is 68.5. The van der Waals surface area contributed by atoms with Crippen LogP contribution in [0.15, 0.2) is 96.1 Å². The van der Waals surface area contributed by atoms with Crippen LogP contribution < -0.4 is 4.90 Å². The number of hydrogen-bond donors (Lipinski definition) is 1. The number of ether oxygens (including phenoxy) is 9. The molecule has 2 aliphatic heterocycles. The number of alkyl halides is 3. The zero-order chi connectivity index (χ0) is 83.6. The summed E-state index contributed by atoms with van der Waals surface area (Å²) in [4.78, 5) is 85.3. The molecule has 0 radical (unpaired) electrons. The van der Waals surface area contributed by atoms with Gasteiger partial charge in [-0.3, -0.25) is 38.6 Å². The van der Waals surface area contributed by atoms with Gasteiger partial charge in [0.05, 0.1) is 157 Å². The number of aliphatic hydroxyl groups excluding tert-OH is 1. The Morgan fingerprint density at radius 2 is 1.44 bits per heavy atom. The monoisotopic (exact) mass is 1620 g/mol. The van der Waals surface area contributed by atoms with Crippen LogP contribution in [0.25, 0.3) is 32.0 Å². The number of ketones is 4. The number of Topliss-reactive ketones (excluding diaryl/α,β-unsaturated/α-hetero) is 4. The summed E-state index contributed by atoms with van der Waals surface area (Å²) in [6.45, 7) is 29.1. The molecule has 115 heavy (non-hydrogen) atoms. The maximum Gasteiger partial charge on any atom is 0.416 e. The summed E-state index contributed by atoms with van der Waals surface area (Å²) in [7, 11) is 0. The van der Waals surface area contributed by atoms with Crippen molar-refractivity contribution in [2.75, 3.05) is 124 Å². The molecule has 1 amide bonds. The molecule has 2 aromatic carbocycles. The molecule has 2 aliphatic rings. The molecule has 0 bridgehead atoms. The standard InChI is InChI=1S/C33H36F3N3O6.C31H43N5O4S.C21H39N3O5/c1-3-8-41-10-11-42-12-13-43-14-15-45-32-23-39(7-9-44-32)29-19-27(21-37-22-29)30-16-25(20-38-24(30)2)17-31(40)26-5-4-6-28(18-26)33(34,35)36;1-20(22-10-12-23(13-11-22)29-21(2)33-19-41-29)15-28(39)27-17-25(38)18-36(27)30(40)26(31(3,4)5)16-24(37)9-7-6-8-14-34-35-32;1-18(2)21(25)8-6-5-7-9-24-16-20(22-23-24)17-28-13-12-26-10-11-27-14-15-29-19(3)4/h1,4-6,16,18-22,32H,7-15,17,23H2,2H3;10-13,19-20,25-27,38H,6-9,14-18H2,1-5H3;16,18-19H,5-15,17H2,1-4H3/t;20-,25-,26+,27+;/m.1./s1. The number of nitrogens with zero attached hydrogens (tertiary/aromatic N) is 11. The quantitative estimate of drug-likeness (QED) is 0.00926. The van der Waals surface area contributed by atoms with Crippen LogP contribution in [0.2, 0.25) is 0 Å². The Labute approximate surface area is 679 Å². The van der Waals surface area contributed by atoms with Gasteiger partial charge in [0, 0.05) is 116 Å². The zero-order valence-corrected chi connectivity index (χ0v) is 69.3. The van der Waals surface area contributed by atoms with Gasteiger partial charge in [0.15, 0.2) is 17.9 Å². The molecule has 2 fully saturated rings. The fraction of sp³-hybridized carbons (Fsp3) is 0.600. The predicted molar refractivity (Wildman–Crippen MR) is 433 cm³/mol. The molecule has 6 heterocycles. The van der Waals surface area contributed by atoms with Crippen molar-refractivity contribution >= 4 is 46.1 Å². The van der Waals surface area contributed by atoms with Gasteiger partial charge < -0.3 is 57.5 Å². The summed E-state index contributed by atoms with van der Waals surface area (Å²) in [6.07, 6.45) is 13.2. The maximum absolute atomic E-state index is 13.8. The lowest BCUT2D eigenvalue weighted by atomic mass is 9.76. The SMILES string of the molecule is C#CCOCCOCCOCCOC1CN(c2cncc(-c3cc(CC(=O)c4cccc(C(F)(F)F)c4)cnc3C)c2)CCO1.CC(C)OCCOCCOCCOCc1cn(CCCCCC(=O)C(C)C)nn1.Cc1ncsc1-c1ccc([C@H](C)CC(=O)[C@@H]2C[C@@H](O)CN2C(=O)[C@H](CC(=O)CCCCCN=[N+]=[N-])C(C)(C)C)cc1. The predicted octanol–water partition coefficient (Wildman–Crippen LogP) is 14.4. The lowest BCUT2D eigenvalue weighted by molar-refractivity contribution is -0.154. The summed E-state index contributed by atoms with van der Waals surface area (Å²) >= 11 is 1.60. The molecule has 1 N–H and O–H groups in total. The Balaban J connectivity index is 0.000000275. The molecular weight excluding hydrogens is 1500 g/mol. The van der Waals surface area contributed by atoms with E-state index in [4.69, 9.17) is 54.6 Å². The normalized spacial score (nSPS) is 15.5. The molecule has 1 unspecified atom stereocenters. The van der Waals surface area contributed by atoms with Crippen molar-refractivity contribution in [1.82, 2.24) is 34.8 Å². The number of rotatable bonds is 49. The molecule has 630 valence electrons. The maximum atomic E-state index is 13.8. The number of thiazole rings is 1. The first-order valence-corrected chi connectivity index (χ1v) is 40.6. The highest BCUT2D eigenvalue weighted by Gasteiger charge is 2.44. The van der Waals surface area contributed by atoms with Crippen LogP contribution in [0.1, 0.15) is 176 Å². The first kappa shape index (κ1) is 95.6. The average Bonchev–Trinajstić information content (AvgIpc) is 1.78. The van der Waals surface area contributed by atoms with Crippen LogP contribution in [-0.4, -0.2) is 212 Å². The number of amides is 1. The van der Waals surface area contributed by atoms with Gasteiger partial charge in [0.2, 0.25) is 5.91 Å². The van der Waals surface area contributed by atoms with Crippen molar-refractivity contribution in [1.29, 1.82) is 0 Å². The number of pyridine rings is 2. The second kappa shape index (κ2) is 51.7. The Morgan fingerprint density at radius 1 is 0.765 bits per heavy atom. The van der Waals surface area contributed by atoms with E-state index in [1.807, 2.05) is 110 Å². The second-order valence-electron chi connectivity index (χ2n) is 30.1. The average molecular weight is 1620 g/mol. The van der Waals surface area contributed by atoms with E-state index in [0.717, 1.165) is 101 Å². The highest BCUT2D eigenvalue weighted by molar-refractivity contribution is 7.13. The van der Waals surface area contributed by atoms with E-state index < -0.39 is 47.3 Å². The number of morpholine rings is 1. The minimum Gasteiger partial charge on any atom is -0.391 e. The fourth-order valence-electron chi connectivity index (χ4n) is 12.6. The number of aromatic nitrogens is 6. The Bertz CT molecular complexity index is 3990. The van der Waals surface area contributed by atoms with Gasteiger partial charge in [0.1, 0.15) is 23.9 Å². The molecule has 0 spiro atoms. The summed E-state index contributed by atoms with van der Waals surface area (Å²) < 4.78 is 90.7. The van der Waals surface area contributed by atoms with Gasteiger partial charge in [-0.2, -0.15) is 13.2 Å². The van der Waals surface area contributed by atoms with Crippen molar-refractivity contribution in [3.8, 4) is 33.9 Å². The van der Waals surface area contributed by atoms with Crippen LogP contribution in [0, 0.1) is 43.4 Å². The van der Waals surface area contributed by atoms with Crippen LogP contribution in [0.4, 0.5) is 18.9 Å². The molecule has 30 heteroatoms. The number of likely N-dealkylation sites (tertiary alicyclic amines) is 1. The van der Waals surface area contributed by atoms with Gasteiger partial charge in [-0.25, -0.2) is 4.98 Å². The van der Waals surface area contributed by atoms with Crippen molar-refractivity contribution in [2.45, 2.75) is 196 Å². The largest absolute Gasteiger partial charge is 0.416 e. The molecule has 6 aromatic rings. The molecule has 5 atom stereocenters. The minimum atomic E-state index is -4.52. The van der Waals surface area contributed by atoms with Gasteiger partial charge in [0.25, 0.3) is 0 Å². The van der Waals surface area contributed by atoms with Crippen molar-refractivity contribution in [3.63, 3.8) is 0 Å². The highest BCUT2D eigenvalue weighted by atomic mass is 32.1. The van der Waals surface area contributed by atoms with Gasteiger partial charge >= 0.3 is 6.18 Å². The van der Waals surface area contributed by atoms with Crippen molar-refractivity contribution < 1.29 is 84.9 Å². The Hall–Kier alpha value is -8.28. The molecule has 2 saturated heterocycles. The number of β-amino-alcohol motifs (C(OH)–C–C–N with tert-alkyl or cyclic N) is 1. The van der Waals surface area contributed by atoms with Crippen LogP contribution >= 0.6 is 11.3 Å². The van der Waals surface area contributed by atoms with E-state index in [2.05, 4.69) is 58.2 Å². The third-order valence-corrected chi connectivity index (χ3v) is 20.1. The van der Waals surface area contributed by atoms with E-state index >= 15 is 0 Å². The summed E-state index contributed by atoms with van der Waals surface area (Å²) in [5.74, 6) is 1.53. The number of aliphatic hydroxyl groups is 1. The fourth-order valence-corrected chi connectivity index (χ4v) is 13.4. The first-order valence-electron chi connectivity index (χ1n) is 39.7. The number of halogens is 3. The summed E-state index contributed by atoms with van der Waals surface area (Å²) in [5, 5.41) is 22.2. The van der Waals surface area contributed by atoms with Crippen LogP contribution in [-0.2, 0) is 87.6 Å². The van der Waals surface area contributed by atoms with E-state index in [9.17, 15) is 42.3 Å². The summed E-state index contributed by atoms with van der Waals surface area (Å²) in [5.41, 5.74) is 16.6. The van der Waals surface area contributed by atoms with Gasteiger partial charge in [-0.1, -0.05) is 107 Å². The van der Waals surface area contributed by atoms with E-state index in [0.29, 0.717) is 143 Å². The molecule has 4 aromatic heterocycles. The Morgan fingerprint density at radius 3 is 2.10 bits per heavy atom. The second-order valence-corrected chi connectivity index (χ2v) is 30.9. The third-order valence-electron chi connectivity index (χ3n) is 19.1. The molecular formula is C85H118F3N11O15S. The first-order chi connectivity index (χ1) is 55.1. The van der Waals surface area contributed by atoms with Gasteiger partial charge in [-0.05, 0) is 111 Å². The smallest absolute Gasteiger partial charge is 0.391 e. The number of azide groups is 1. The van der Waals surface area contributed by atoms with Crippen LogP contribution in [0.5, 0.6) is 0 Å². The summed E-state index contributed by atoms with van der Waals surface area (Å²) in [6, 6.07) is 15.8. The number of hydrogen-bond acceptors (Lipinski definition) is 23. The van der Waals surface area contributed by atoms with Crippen molar-refractivity contribution in [3.05, 3.63) is 141 Å². The lowest BCUT2D eigenvalue weighted by Gasteiger charge is -2.35. The number of carbonyl (C=O) groups excluding carboxylic acids is 5. The van der Waals surface area contributed by atoms with Gasteiger partial charge in [-0.15, -0.1) is 22.9 Å². The van der Waals surface area contributed by atoms with E-state index in [1.165, 1.54) is 17.0 Å². The van der Waals surface area contributed by atoms with E-state index in [-0.39, 0.29) is 79.8 Å². The highest BCUT2D eigenvalue weighted by Crippen LogP contribution is 2.37. The third kappa shape index (κ3) is 35.6. The molecule has 26 nitrogen and oxygen atoms in total. The molecule has 0 saturated carbocycles. The Kier molecular flexibility index (Phi) is 43.0. The number of aryl methyl sites for hydroxylation is 3. The number of anilines is 1. The lowest BCUT2D eigenvalue weighted by Crippen LogP contribution is -2.47. The minimum absolute atomic E-state index is 0.00124. The number of benzene rings is 2. The molecule has 8 rings (SSSR count). The number of carbonyl (C=O) groups is 5. The van der Waals surface area contributed by atoms with E-state index in [1.54, 1.807) is 29.9 Å². The topological polar surface area (TPSA) is 313 Å². The molecule has 0 aliphatic carbocycles. The van der Waals surface area contributed by atoms with Crippen LogP contribution in [0.3, 0.4) is 0 Å². The number of unbranched alkanes of at least 4 members (excludes halogenated alkanes) is 4. The van der Waals surface area contributed by atoms with Crippen molar-refractivity contribution in [2.24, 2.45) is 22.4 Å².